The standard InChI is InChI=1S/C18H29N6O13P3S2/c19-9-41-6-4-2-1-3-5-7-42-18-22-15(20)12-16(23-18)24(10-21-12)17-14(26)13(25)11(35-17)8-34-39(30,31)37-40(32,33)36-38(27,28)29/h10-11,13-14,17,25-26H,1-8H2,(H,30,31)(H,32,33)(H2,20,22,23)(H2,27,28,29)/t11-,13-,14-,17-/m1/s1. The van der Waals surface area contributed by atoms with Crippen LogP contribution in [-0.4, -0.2) is 85.7 Å². The van der Waals surface area contributed by atoms with Crippen LogP contribution in [0.15, 0.2) is 11.5 Å². The smallest absolute Gasteiger partial charge is 0.387 e. The van der Waals surface area contributed by atoms with Crippen molar-refractivity contribution < 1.29 is 61.4 Å². The molecule has 0 aliphatic carbocycles. The Morgan fingerprint density at radius 3 is 2.33 bits per heavy atom. The largest absolute Gasteiger partial charge is 0.490 e. The number of ether oxygens (including phenoxy) is 1. The third kappa shape index (κ3) is 10.5. The van der Waals surface area contributed by atoms with E-state index >= 15 is 0 Å². The summed E-state index contributed by atoms with van der Waals surface area (Å²) in [5.74, 6) is 1.58. The maximum absolute atomic E-state index is 12.0. The topological polar surface area (TPSA) is 303 Å². The van der Waals surface area contributed by atoms with Crippen LogP contribution in [0, 0.1) is 10.7 Å². The molecule has 0 saturated carbocycles. The highest BCUT2D eigenvalue weighted by molar-refractivity contribution is 8.03. The van der Waals surface area contributed by atoms with Gasteiger partial charge in [0, 0.05) is 11.5 Å². The summed E-state index contributed by atoms with van der Waals surface area (Å²) >= 11 is 2.60. The van der Waals surface area contributed by atoms with Crippen molar-refractivity contribution in [3.05, 3.63) is 6.33 Å². The van der Waals surface area contributed by atoms with Gasteiger partial charge in [0.05, 0.1) is 12.9 Å². The first-order valence-electron chi connectivity index (χ1n) is 12.1. The highest BCUT2D eigenvalue weighted by Gasteiger charge is 2.47. The van der Waals surface area contributed by atoms with Crippen LogP contribution in [0.3, 0.4) is 0 Å². The van der Waals surface area contributed by atoms with Crippen LogP contribution in [-0.2, 0) is 31.6 Å². The predicted octanol–water partition coefficient (Wildman–Crippen LogP) is 1.63. The number of anilines is 1. The number of imidazole rings is 1. The molecule has 2 unspecified atom stereocenters. The number of rotatable bonds is 17. The van der Waals surface area contributed by atoms with Gasteiger partial charge in [0.15, 0.2) is 22.8 Å². The second kappa shape index (κ2) is 15.2. The first-order valence-corrected chi connectivity index (χ1v) is 18.6. The number of phosphoric ester groups is 1. The Morgan fingerprint density at radius 1 is 1.00 bits per heavy atom. The number of thiocyanates is 1. The van der Waals surface area contributed by atoms with Gasteiger partial charge in [-0.1, -0.05) is 31.0 Å². The summed E-state index contributed by atoms with van der Waals surface area (Å²) in [6, 6.07) is 0. The van der Waals surface area contributed by atoms with Gasteiger partial charge in [-0.2, -0.15) is 13.9 Å². The van der Waals surface area contributed by atoms with Crippen molar-refractivity contribution in [3.63, 3.8) is 0 Å². The lowest BCUT2D eigenvalue weighted by Crippen LogP contribution is -2.33. The maximum atomic E-state index is 12.0. The molecule has 3 heterocycles. The van der Waals surface area contributed by atoms with E-state index in [1.54, 1.807) is 0 Å². The Labute approximate surface area is 247 Å². The lowest BCUT2D eigenvalue weighted by Gasteiger charge is -2.19. The number of thioether (sulfide) groups is 2. The van der Waals surface area contributed by atoms with E-state index in [4.69, 9.17) is 25.5 Å². The number of aromatic nitrogens is 4. The second-order valence-corrected chi connectivity index (χ2v) is 15.1. The van der Waals surface area contributed by atoms with Crippen LogP contribution in [0.4, 0.5) is 5.82 Å². The number of nitrogens with zero attached hydrogens (tertiary/aromatic N) is 5. The number of hydrogen-bond donors (Lipinski definition) is 7. The van der Waals surface area contributed by atoms with Crippen LogP contribution in [0.25, 0.3) is 11.2 Å². The summed E-state index contributed by atoms with van der Waals surface area (Å²) in [5.41, 5.74) is 6.40. The molecule has 1 aliphatic heterocycles. The first kappa shape index (κ1) is 35.3. The van der Waals surface area contributed by atoms with Gasteiger partial charge in [0.2, 0.25) is 0 Å². The molecule has 6 atom stereocenters. The fourth-order valence-corrected chi connectivity index (χ4v) is 8.07. The minimum atomic E-state index is -5.74. The Hall–Kier alpha value is -1.17. The third-order valence-corrected chi connectivity index (χ3v) is 10.9. The van der Waals surface area contributed by atoms with Crippen molar-refractivity contribution in [3.8, 4) is 5.40 Å². The average molecular weight is 695 g/mol. The number of aliphatic hydroxyl groups is 2. The minimum absolute atomic E-state index is 0.0634. The lowest BCUT2D eigenvalue weighted by molar-refractivity contribution is -0.0503. The van der Waals surface area contributed by atoms with Crippen molar-refractivity contribution in [2.75, 3.05) is 23.8 Å². The molecule has 2 aromatic heterocycles. The van der Waals surface area contributed by atoms with Crippen molar-refractivity contribution in [1.82, 2.24) is 19.5 Å². The maximum Gasteiger partial charge on any atom is 0.490 e. The van der Waals surface area contributed by atoms with Crippen molar-refractivity contribution in [1.29, 1.82) is 5.26 Å². The van der Waals surface area contributed by atoms with Gasteiger partial charge in [0.25, 0.3) is 0 Å². The Balaban J connectivity index is 1.61. The zero-order chi connectivity index (χ0) is 31.1. The van der Waals surface area contributed by atoms with E-state index in [1.807, 2.05) is 5.40 Å². The number of nitriles is 1. The lowest BCUT2D eigenvalue weighted by atomic mass is 10.1. The third-order valence-electron chi connectivity index (χ3n) is 5.54. The second-order valence-electron chi connectivity index (χ2n) is 8.70. The Morgan fingerprint density at radius 2 is 1.67 bits per heavy atom. The van der Waals surface area contributed by atoms with Crippen LogP contribution >= 0.6 is 47.0 Å². The summed E-state index contributed by atoms with van der Waals surface area (Å²) in [6.45, 7) is -0.972. The predicted molar refractivity (Wildman–Crippen MR) is 147 cm³/mol. The highest BCUT2D eigenvalue weighted by Crippen LogP contribution is 2.66. The van der Waals surface area contributed by atoms with Gasteiger partial charge in [-0.25, -0.2) is 28.6 Å². The van der Waals surface area contributed by atoms with Crippen molar-refractivity contribution in [2.45, 2.75) is 61.8 Å². The number of hydrogen-bond acceptors (Lipinski definition) is 16. The molecule has 8 N–H and O–H groups in total. The van der Waals surface area contributed by atoms with E-state index in [9.17, 15) is 33.7 Å². The number of unbranched alkanes of at least 4 members (excludes halogenated alkanes) is 4. The number of fused-ring (bicyclic) bond motifs is 1. The summed E-state index contributed by atoms with van der Waals surface area (Å²) in [4.78, 5) is 48.9. The van der Waals surface area contributed by atoms with Gasteiger partial charge >= 0.3 is 23.5 Å². The molecule has 0 amide bonds. The van der Waals surface area contributed by atoms with E-state index in [2.05, 4.69) is 28.1 Å². The molecule has 19 nitrogen and oxygen atoms in total. The molecule has 3 rings (SSSR count). The van der Waals surface area contributed by atoms with Gasteiger partial charge in [0.1, 0.15) is 29.2 Å². The zero-order valence-corrected chi connectivity index (χ0v) is 25.9. The molecule has 2 aromatic rings. The van der Waals surface area contributed by atoms with E-state index in [0.717, 1.165) is 37.9 Å². The van der Waals surface area contributed by atoms with E-state index in [1.165, 1.54) is 34.4 Å². The van der Waals surface area contributed by atoms with Gasteiger partial charge < -0.3 is 40.3 Å². The van der Waals surface area contributed by atoms with Crippen LogP contribution in [0.1, 0.15) is 38.3 Å². The number of phosphoric acid groups is 3. The average Bonchev–Trinajstić information content (AvgIpc) is 3.40. The van der Waals surface area contributed by atoms with Crippen LogP contribution in [0.5, 0.6) is 0 Å². The molecular formula is C18H29N6O13P3S2. The van der Waals surface area contributed by atoms with Crippen LogP contribution < -0.4 is 5.73 Å². The van der Waals surface area contributed by atoms with Gasteiger partial charge in [-0.15, -0.1) is 0 Å². The summed E-state index contributed by atoms with van der Waals surface area (Å²) in [5, 5.41) is 31.9. The molecule has 42 heavy (non-hydrogen) atoms. The monoisotopic (exact) mass is 694 g/mol. The zero-order valence-electron chi connectivity index (χ0n) is 21.6. The normalized spacial score (nSPS) is 23.9. The summed E-state index contributed by atoms with van der Waals surface area (Å²) in [6.07, 6.45) is 0.0166. The molecule has 0 bridgehead atoms. The molecule has 1 aliphatic rings. The molecule has 24 heteroatoms. The minimum Gasteiger partial charge on any atom is -0.387 e. The fraction of sp³-hybridized carbons (Fsp3) is 0.667. The molecule has 1 saturated heterocycles. The first-order chi connectivity index (χ1) is 19.6. The number of nitrogens with two attached hydrogens (primary N) is 1. The summed E-state index contributed by atoms with van der Waals surface area (Å²) in [7, 11) is -16.8. The van der Waals surface area contributed by atoms with Crippen molar-refractivity contribution >= 4 is 64.0 Å². The van der Waals surface area contributed by atoms with E-state index in [-0.39, 0.29) is 17.0 Å². The molecule has 0 radical (unpaired) electrons. The Kier molecular flexibility index (Phi) is 12.8. The molecule has 0 spiro atoms. The molecule has 1 fully saturated rings. The molecular weight excluding hydrogens is 665 g/mol. The summed E-state index contributed by atoms with van der Waals surface area (Å²) < 4.78 is 52.9. The quantitative estimate of drug-likeness (QED) is 0.0407. The van der Waals surface area contributed by atoms with Crippen molar-refractivity contribution in [2.24, 2.45) is 0 Å². The van der Waals surface area contributed by atoms with E-state index in [0.29, 0.717) is 10.9 Å². The number of nitrogen functional groups attached to an aromatic ring is 1. The Bertz CT molecular complexity index is 1410. The SMILES string of the molecule is N#CSCCCCCCCSc1nc(N)c2ncn([C@@H]3O[C@H](COP(=O)(O)OP(=O)(O)OP(=O)(O)O)[C@@H](O)[C@H]3O)c2n1. The van der Waals surface area contributed by atoms with E-state index < -0.39 is 54.6 Å². The molecule has 236 valence electrons. The van der Waals surface area contributed by atoms with Crippen LogP contribution in [0.2, 0.25) is 0 Å². The number of aliphatic hydroxyl groups excluding tert-OH is 2. The van der Waals surface area contributed by atoms with Gasteiger partial charge in [-0.05, 0) is 24.6 Å². The molecule has 0 aromatic carbocycles. The van der Waals surface area contributed by atoms with Gasteiger partial charge in [-0.3, -0.25) is 9.09 Å². The highest BCUT2D eigenvalue weighted by atomic mass is 32.2. The fourth-order valence-electron chi connectivity index (χ4n) is 3.75.